The van der Waals surface area contributed by atoms with Gasteiger partial charge in [0, 0.05) is 25.2 Å². The van der Waals surface area contributed by atoms with Crippen LogP contribution < -0.4 is 5.73 Å². The zero-order valence-electron chi connectivity index (χ0n) is 9.83. The number of piperidine rings is 1. The molecule has 1 aromatic rings. The molecule has 17 heavy (non-hydrogen) atoms. The number of nitrogens with two attached hydrogens (primary N) is 1. The highest BCUT2D eigenvalue weighted by molar-refractivity contribution is 5.92. The number of carbonyl (C=O) groups is 1. The summed E-state index contributed by atoms with van der Waals surface area (Å²) in [6, 6.07) is 1.81. The minimum atomic E-state index is -0.0446. The molecule has 0 aliphatic carbocycles. The summed E-state index contributed by atoms with van der Waals surface area (Å²) in [5, 5.41) is 3.65. The number of halogens is 1. The molecule has 1 aliphatic heterocycles. The number of likely N-dealkylation sites (tertiary alicyclic amines) is 1. The normalized spacial score (nSPS) is 18.6. The predicted octanol–water partition coefficient (Wildman–Crippen LogP) is 1.30. The van der Waals surface area contributed by atoms with Crippen molar-refractivity contribution in [1.29, 1.82) is 0 Å². The van der Waals surface area contributed by atoms with E-state index >= 15 is 0 Å². The lowest BCUT2D eigenvalue weighted by molar-refractivity contribution is 0.0670. The smallest absolute Gasteiger partial charge is 0.276 e. The largest absolute Gasteiger partial charge is 0.364 e. The molecule has 2 heterocycles. The fourth-order valence-electron chi connectivity index (χ4n) is 2.11. The molecule has 0 spiro atoms. The molecule has 1 aromatic heterocycles. The zero-order chi connectivity index (χ0) is 11.5. The Hall–Kier alpha value is -1.07. The van der Waals surface area contributed by atoms with Crippen molar-refractivity contribution < 1.29 is 9.32 Å². The summed E-state index contributed by atoms with van der Waals surface area (Å²) in [5.41, 5.74) is 6.24. The molecular weight excluding hydrogens is 242 g/mol. The molecular formula is C11H18ClN3O2. The number of rotatable bonds is 2. The van der Waals surface area contributed by atoms with Gasteiger partial charge in [-0.15, -0.1) is 12.4 Å². The predicted molar refractivity (Wildman–Crippen MR) is 66.0 cm³/mol. The molecule has 1 amide bonds. The highest BCUT2D eigenvalue weighted by Gasteiger charge is 2.26. The summed E-state index contributed by atoms with van der Waals surface area (Å²) >= 11 is 0. The van der Waals surface area contributed by atoms with Crippen molar-refractivity contribution in [3.63, 3.8) is 0 Å². The highest BCUT2D eigenvalue weighted by Crippen LogP contribution is 2.20. The summed E-state index contributed by atoms with van der Waals surface area (Å²) < 4.78 is 4.67. The molecule has 0 radical (unpaired) electrons. The minimum Gasteiger partial charge on any atom is -0.364 e. The molecule has 1 fully saturated rings. The molecule has 0 aromatic carbocycles. The van der Waals surface area contributed by atoms with Crippen LogP contribution in [-0.4, -0.2) is 35.1 Å². The van der Waals surface area contributed by atoms with Crippen molar-refractivity contribution in [3.05, 3.63) is 18.0 Å². The van der Waals surface area contributed by atoms with Gasteiger partial charge in [0.2, 0.25) is 0 Å². The van der Waals surface area contributed by atoms with Gasteiger partial charge in [-0.1, -0.05) is 5.16 Å². The number of aromatic nitrogens is 1. The van der Waals surface area contributed by atoms with E-state index in [9.17, 15) is 4.79 Å². The summed E-state index contributed by atoms with van der Waals surface area (Å²) in [4.78, 5) is 13.7. The molecule has 1 atom stereocenters. The van der Waals surface area contributed by atoms with Crippen molar-refractivity contribution in [2.75, 3.05) is 13.1 Å². The third kappa shape index (κ3) is 3.20. The molecule has 96 valence electrons. The van der Waals surface area contributed by atoms with Gasteiger partial charge in [-0.3, -0.25) is 4.79 Å². The first-order chi connectivity index (χ1) is 7.68. The molecule has 0 bridgehead atoms. The Morgan fingerprint density at radius 3 is 2.71 bits per heavy atom. The Morgan fingerprint density at radius 2 is 2.24 bits per heavy atom. The summed E-state index contributed by atoms with van der Waals surface area (Å²) in [7, 11) is 0. The van der Waals surface area contributed by atoms with Gasteiger partial charge in [0.15, 0.2) is 5.69 Å². The van der Waals surface area contributed by atoms with E-state index in [4.69, 9.17) is 5.73 Å². The van der Waals surface area contributed by atoms with Crippen LogP contribution in [0.4, 0.5) is 0 Å². The van der Waals surface area contributed by atoms with Crippen LogP contribution in [0.2, 0.25) is 0 Å². The van der Waals surface area contributed by atoms with E-state index in [1.807, 2.05) is 11.8 Å². The second-order valence-electron chi connectivity index (χ2n) is 4.37. The summed E-state index contributed by atoms with van der Waals surface area (Å²) in [5.74, 6) is 0.484. The number of hydrogen-bond acceptors (Lipinski definition) is 4. The van der Waals surface area contributed by atoms with E-state index in [-0.39, 0.29) is 24.4 Å². The van der Waals surface area contributed by atoms with E-state index in [0.29, 0.717) is 11.6 Å². The summed E-state index contributed by atoms with van der Waals surface area (Å²) in [6.07, 6.45) is 3.37. The average Bonchev–Trinajstić information content (AvgIpc) is 2.81. The lowest BCUT2D eigenvalue weighted by Crippen LogP contribution is -2.42. The van der Waals surface area contributed by atoms with E-state index < -0.39 is 0 Å². The van der Waals surface area contributed by atoms with Crippen molar-refractivity contribution >= 4 is 18.3 Å². The fourth-order valence-corrected chi connectivity index (χ4v) is 2.11. The van der Waals surface area contributed by atoms with Crippen LogP contribution in [0.5, 0.6) is 0 Å². The maximum atomic E-state index is 11.9. The van der Waals surface area contributed by atoms with Crippen LogP contribution in [0.3, 0.4) is 0 Å². The number of amides is 1. The van der Waals surface area contributed by atoms with Gasteiger partial charge >= 0.3 is 0 Å². The van der Waals surface area contributed by atoms with Gasteiger partial charge < -0.3 is 15.2 Å². The summed E-state index contributed by atoms with van der Waals surface area (Å²) in [6.45, 7) is 3.55. The Bertz CT molecular complexity index is 346. The van der Waals surface area contributed by atoms with E-state index in [1.165, 1.54) is 6.26 Å². The molecule has 6 heteroatoms. The fraction of sp³-hybridized carbons (Fsp3) is 0.636. The van der Waals surface area contributed by atoms with Crippen LogP contribution in [0.15, 0.2) is 16.9 Å². The van der Waals surface area contributed by atoms with E-state index in [1.54, 1.807) is 6.07 Å². The SMILES string of the molecule is CC(N)C1CCN(C(=O)c2ccon2)CC1.Cl. The Kier molecular flexibility index (Phi) is 4.96. The first kappa shape index (κ1) is 14.0. The second kappa shape index (κ2) is 6.02. The van der Waals surface area contributed by atoms with Gasteiger partial charge in [0.1, 0.15) is 6.26 Å². The van der Waals surface area contributed by atoms with Crippen molar-refractivity contribution in [3.8, 4) is 0 Å². The maximum Gasteiger partial charge on any atom is 0.276 e. The van der Waals surface area contributed by atoms with Gasteiger partial charge in [0.05, 0.1) is 0 Å². The Labute approximate surface area is 107 Å². The molecule has 1 saturated heterocycles. The standard InChI is InChI=1S/C11H17N3O2.ClH/c1-8(12)9-2-5-14(6-3-9)11(15)10-4-7-16-13-10;/h4,7-9H,2-3,5-6,12H2,1H3;1H. The topological polar surface area (TPSA) is 72.4 Å². The number of hydrogen-bond donors (Lipinski definition) is 1. The molecule has 1 aliphatic rings. The Balaban J connectivity index is 0.00000144. The monoisotopic (exact) mass is 259 g/mol. The van der Waals surface area contributed by atoms with Gasteiger partial charge in [-0.05, 0) is 25.7 Å². The second-order valence-corrected chi connectivity index (χ2v) is 4.37. The first-order valence-corrected chi connectivity index (χ1v) is 5.63. The molecule has 1 unspecified atom stereocenters. The minimum absolute atomic E-state index is 0. The maximum absolute atomic E-state index is 11.9. The molecule has 2 rings (SSSR count). The Morgan fingerprint density at radius 1 is 1.59 bits per heavy atom. The van der Waals surface area contributed by atoms with Crippen molar-refractivity contribution in [1.82, 2.24) is 10.1 Å². The lowest BCUT2D eigenvalue weighted by atomic mass is 9.91. The number of nitrogens with zero attached hydrogens (tertiary/aromatic N) is 2. The lowest BCUT2D eigenvalue weighted by Gasteiger charge is -2.33. The quantitative estimate of drug-likeness (QED) is 0.869. The van der Waals surface area contributed by atoms with E-state index in [2.05, 4.69) is 9.68 Å². The third-order valence-corrected chi connectivity index (χ3v) is 3.23. The van der Waals surface area contributed by atoms with Crippen LogP contribution in [-0.2, 0) is 0 Å². The van der Waals surface area contributed by atoms with Crippen LogP contribution in [0, 0.1) is 5.92 Å². The van der Waals surface area contributed by atoms with Gasteiger partial charge in [-0.2, -0.15) is 0 Å². The molecule has 0 saturated carbocycles. The average molecular weight is 260 g/mol. The zero-order valence-corrected chi connectivity index (χ0v) is 10.7. The highest BCUT2D eigenvalue weighted by atomic mass is 35.5. The third-order valence-electron chi connectivity index (χ3n) is 3.23. The van der Waals surface area contributed by atoms with Gasteiger partial charge in [0.25, 0.3) is 5.91 Å². The van der Waals surface area contributed by atoms with E-state index in [0.717, 1.165) is 25.9 Å². The van der Waals surface area contributed by atoms with Crippen molar-refractivity contribution in [2.45, 2.75) is 25.8 Å². The van der Waals surface area contributed by atoms with Gasteiger partial charge in [-0.25, -0.2) is 0 Å². The van der Waals surface area contributed by atoms with Crippen LogP contribution >= 0.6 is 12.4 Å². The first-order valence-electron chi connectivity index (χ1n) is 5.63. The molecule has 5 nitrogen and oxygen atoms in total. The van der Waals surface area contributed by atoms with Crippen LogP contribution in [0.1, 0.15) is 30.3 Å². The number of carbonyl (C=O) groups excluding carboxylic acids is 1. The van der Waals surface area contributed by atoms with Crippen molar-refractivity contribution in [2.24, 2.45) is 11.7 Å². The molecule has 2 N–H and O–H groups in total. The van der Waals surface area contributed by atoms with Crippen LogP contribution in [0.25, 0.3) is 0 Å².